The van der Waals surface area contributed by atoms with Crippen LogP contribution in [0.4, 0.5) is 0 Å². The van der Waals surface area contributed by atoms with Crippen LogP contribution in [0.1, 0.15) is 68.9 Å². The number of rotatable bonds is 0. The summed E-state index contributed by atoms with van der Waals surface area (Å²) in [6.07, 6.45) is 11.6. The van der Waals surface area contributed by atoms with E-state index in [-0.39, 0.29) is 0 Å². The molecule has 3 fully saturated rings. The second-order valence-electron chi connectivity index (χ2n) is 8.82. The van der Waals surface area contributed by atoms with Gasteiger partial charge in [-0.3, -0.25) is 0 Å². The standard InChI is InChI=1S/C22H30S2/c1-21-12-6-8-16-7-2-3-9-17(16)20(21)15-22(23-13-14-24-22)19-11-5-4-10-18(19)21/h2-3,7,9,18-20H,4-6,8,10-15H2,1H3. The highest BCUT2D eigenvalue weighted by Gasteiger charge is 2.60. The van der Waals surface area contributed by atoms with Crippen molar-refractivity contribution in [2.24, 2.45) is 17.3 Å². The molecule has 0 nitrogen and oxygen atoms in total. The van der Waals surface area contributed by atoms with E-state index in [2.05, 4.69) is 54.7 Å². The molecule has 0 radical (unpaired) electrons. The molecule has 1 saturated heterocycles. The SMILES string of the molecule is CC12CCCc3ccccc3C1CC1(SCCS1)C1CCCCC12. The first-order chi connectivity index (χ1) is 11.7. The third-order valence-electron chi connectivity index (χ3n) is 7.83. The summed E-state index contributed by atoms with van der Waals surface area (Å²) in [5, 5.41) is 0. The van der Waals surface area contributed by atoms with Gasteiger partial charge in [-0.05, 0) is 72.8 Å². The zero-order valence-electron chi connectivity index (χ0n) is 14.9. The van der Waals surface area contributed by atoms with Crippen molar-refractivity contribution in [3.05, 3.63) is 35.4 Å². The van der Waals surface area contributed by atoms with Crippen LogP contribution in [0, 0.1) is 17.3 Å². The Morgan fingerprint density at radius 3 is 2.54 bits per heavy atom. The van der Waals surface area contributed by atoms with Gasteiger partial charge < -0.3 is 0 Å². The zero-order valence-corrected chi connectivity index (χ0v) is 16.6. The molecule has 1 aliphatic heterocycles. The van der Waals surface area contributed by atoms with Gasteiger partial charge in [-0.15, -0.1) is 23.5 Å². The van der Waals surface area contributed by atoms with Crippen LogP contribution in [-0.4, -0.2) is 15.6 Å². The van der Waals surface area contributed by atoms with Crippen molar-refractivity contribution in [3.63, 3.8) is 0 Å². The Morgan fingerprint density at radius 1 is 0.958 bits per heavy atom. The fourth-order valence-electron chi connectivity index (χ4n) is 6.76. The van der Waals surface area contributed by atoms with Crippen molar-refractivity contribution >= 4 is 23.5 Å². The monoisotopic (exact) mass is 358 g/mol. The van der Waals surface area contributed by atoms with E-state index in [1.807, 2.05) is 0 Å². The third kappa shape index (κ3) is 2.28. The van der Waals surface area contributed by atoms with Gasteiger partial charge in [0.1, 0.15) is 0 Å². The topological polar surface area (TPSA) is 0 Å². The van der Waals surface area contributed by atoms with Crippen molar-refractivity contribution in [2.75, 3.05) is 11.5 Å². The van der Waals surface area contributed by atoms with E-state index in [0.717, 1.165) is 17.8 Å². The summed E-state index contributed by atoms with van der Waals surface area (Å²) < 4.78 is 0.548. The smallest absolute Gasteiger partial charge is 0.0648 e. The zero-order chi connectivity index (χ0) is 16.2. The summed E-state index contributed by atoms with van der Waals surface area (Å²) in [7, 11) is 0. The fraction of sp³-hybridized carbons (Fsp3) is 0.727. The number of benzene rings is 1. The number of hydrogen-bond donors (Lipinski definition) is 0. The lowest BCUT2D eigenvalue weighted by Gasteiger charge is -2.59. The maximum atomic E-state index is 2.69. The van der Waals surface area contributed by atoms with Crippen molar-refractivity contribution < 1.29 is 0 Å². The van der Waals surface area contributed by atoms with Gasteiger partial charge in [0.05, 0.1) is 4.08 Å². The molecular formula is C22H30S2. The number of thioether (sulfide) groups is 2. The average molecular weight is 359 g/mol. The van der Waals surface area contributed by atoms with Crippen LogP contribution in [0.25, 0.3) is 0 Å². The molecule has 2 saturated carbocycles. The van der Waals surface area contributed by atoms with E-state index in [1.165, 1.54) is 62.9 Å². The van der Waals surface area contributed by atoms with Gasteiger partial charge >= 0.3 is 0 Å². The van der Waals surface area contributed by atoms with E-state index < -0.39 is 0 Å². The highest BCUT2D eigenvalue weighted by molar-refractivity contribution is 8.21. The Hall–Kier alpha value is -0.0800. The minimum atomic E-state index is 0.548. The summed E-state index contributed by atoms with van der Waals surface area (Å²) in [6.45, 7) is 2.69. The Morgan fingerprint density at radius 2 is 1.71 bits per heavy atom. The van der Waals surface area contributed by atoms with E-state index in [0.29, 0.717) is 9.49 Å². The lowest BCUT2D eigenvalue weighted by Crippen LogP contribution is -2.53. The first-order valence-electron chi connectivity index (χ1n) is 10.1. The Balaban J connectivity index is 1.64. The first kappa shape index (κ1) is 16.1. The molecule has 2 heteroatoms. The van der Waals surface area contributed by atoms with Crippen LogP contribution in [0.15, 0.2) is 24.3 Å². The highest BCUT2D eigenvalue weighted by Crippen LogP contribution is 2.70. The lowest BCUT2D eigenvalue weighted by atomic mass is 9.51. The molecule has 3 aliphatic carbocycles. The van der Waals surface area contributed by atoms with Crippen LogP contribution in [0.5, 0.6) is 0 Å². The van der Waals surface area contributed by atoms with E-state index in [1.54, 1.807) is 11.1 Å². The van der Waals surface area contributed by atoms with Gasteiger partial charge in [0, 0.05) is 11.5 Å². The van der Waals surface area contributed by atoms with Crippen LogP contribution in [0.3, 0.4) is 0 Å². The molecule has 130 valence electrons. The van der Waals surface area contributed by atoms with Gasteiger partial charge in [0.2, 0.25) is 0 Å². The van der Waals surface area contributed by atoms with Crippen molar-refractivity contribution in [2.45, 2.75) is 68.3 Å². The fourth-order valence-corrected chi connectivity index (χ4v) is 10.5. The van der Waals surface area contributed by atoms with Gasteiger partial charge in [-0.1, -0.05) is 44.0 Å². The largest absolute Gasteiger partial charge is 0.143 e. The quantitative estimate of drug-likeness (QED) is 0.519. The molecule has 0 amide bonds. The second kappa shape index (κ2) is 5.98. The molecule has 1 aromatic rings. The highest BCUT2D eigenvalue weighted by atomic mass is 32.2. The number of hydrogen-bond acceptors (Lipinski definition) is 2. The van der Waals surface area contributed by atoms with E-state index in [4.69, 9.17) is 0 Å². The van der Waals surface area contributed by atoms with Gasteiger partial charge in [0.25, 0.3) is 0 Å². The minimum Gasteiger partial charge on any atom is -0.143 e. The second-order valence-corrected chi connectivity index (χ2v) is 11.9. The molecule has 4 unspecified atom stereocenters. The molecule has 0 bridgehead atoms. The Kier molecular flexibility index (Phi) is 4.02. The molecule has 5 rings (SSSR count). The van der Waals surface area contributed by atoms with Gasteiger partial charge in [0.15, 0.2) is 0 Å². The normalized spacial score (nSPS) is 40.5. The molecule has 24 heavy (non-hydrogen) atoms. The van der Waals surface area contributed by atoms with E-state index in [9.17, 15) is 0 Å². The van der Waals surface area contributed by atoms with Crippen LogP contribution in [0.2, 0.25) is 0 Å². The maximum absolute atomic E-state index is 2.69. The van der Waals surface area contributed by atoms with Gasteiger partial charge in [-0.25, -0.2) is 0 Å². The summed E-state index contributed by atoms with van der Waals surface area (Å²) in [5.74, 6) is 5.52. The number of fused-ring (bicyclic) bond motifs is 6. The van der Waals surface area contributed by atoms with Crippen LogP contribution >= 0.6 is 23.5 Å². The van der Waals surface area contributed by atoms with Crippen LogP contribution in [-0.2, 0) is 6.42 Å². The maximum Gasteiger partial charge on any atom is 0.0648 e. The average Bonchev–Trinajstić information content (AvgIpc) is 3.03. The Bertz CT molecular complexity index is 618. The van der Waals surface area contributed by atoms with Crippen molar-refractivity contribution in [3.8, 4) is 0 Å². The molecule has 0 N–H and O–H groups in total. The molecule has 1 aromatic carbocycles. The Labute approximate surface area is 155 Å². The summed E-state index contributed by atoms with van der Waals surface area (Å²) in [6, 6.07) is 9.49. The van der Waals surface area contributed by atoms with Crippen LogP contribution < -0.4 is 0 Å². The molecule has 1 spiro atoms. The predicted molar refractivity (Wildman–Crippen MR) is 108 cm³/mol. The molecule has 4 aliphatic rings. The summed E-state index contributed by atoms with van der Waals surface area (Å²) >= 11 is 4.70. The predicted octanol–water partition coefficient (Wildman–Crippen LogP) is 6.50. The third-order valence-corrected chi connectivity index (χ3v) is 11.5. The molecule has 0 aromatic heterocycles. The van der Waals surface area contributed by atoms with E-state index >= 15 is 0 Å². The minimum absolute atomic E-state index is 0.548. The lowest BCUT2D eigenvalue weighted by molar-refractivity contribution is -0.00321. The van der Waals surface area contributed by atoms with Crippen molar-refractivity contribution in [1.29, 1.82) is 0 Å². The molecule has 1 heterocycles. The summed E-state index contributed by atoms with van der Waals surface area (Å²) in [5.41, 5.74) is 3.95. The number of aryl methyl sites for hydroxylation is 1. The van der Waals surface area contributed by atoms with Gasteiger partial charge in [-0.2, -0.15) is 0 Å². The molecule has 4 atom stereocenters. The molecular weight excluding hydrogens is 328 g/mol. The first-order valence-corrected chi connectivity index (χ1v) is 12.1. The van der Waals surface area contributed by atoms with Crippen molar-refractivity contribution in [1.82, 2.24) is 0 Å². The summed E-state index contributed by atoms with van der Waals surface area (Å²) in [4.78, 5) is 0.